The van der Waals surface area contributed by atoms with Gasteiger partial charge in [-0.25, -0.2) is 4.98 Å². The molecule has 2 aromatic rings. The van der Waals surface area contributed by atoms with E-state index in [4.69, 9.17) is 5.11 Å². The molecule has 0 saturated heterocycles. The zero-order chi connectivity index (χ0) is 17.0. The highest BCUT2D eigenvalue weighted by molar-refractivity contribution is 5.82. The SMILES string of the molecule is Cc1nc(-c2cccnc2)[nH]c(=O)c1CC(=O)N(C)CC(=O)O. The lowest BCUT2D eigenvalue weighted by Gasteiger charge is -2.15. The molecule has 0 saturated carbocycles. The second-order valence-corrected chi connectivity index (χ2v) is 5.04. The van der Waals surface area contributed by atoms with Gasteiger partial charge in [-0.05, 0) is 19.1 Å². The van der Waals surface area contributed by atoms with Crippen molar-refractivity contribution in [3.05, 3.63) is 46.1 Å². The van der Waals surface area contributed by atoms with Crippen molar-refractivity contribution in [2.45, 2.75) is 13.3 Å². The zero-order valence-electron chi connectivity index (χ0n) is 12.7. The van der Waals surface area contributed by atoms with Crippen LogP contribution in [0.1, 0.15) is 11.3 Å². The first-order valence-corrected chi connectivity index (χ1v) is 6.84. The molecule has 0 aliphatic rings. The first-order valence-electron chi connectivity index (χ1n) is 6.84. The summed E-state index contributed by atoms with van der Waals surface area (Å²) in [5.41, 5.74) is 0.881. The second kappa shape index (κ2) is 6.82. The van der Waals surface area contributed by atoms with Crippen LogP contribution >= 0.6 is 0 Å². The molecule has 0 fully saturated rings. The molecule has 2 heterocycles. The van der Waals surface area contributed by atoms with Crippen LogP contribution in [-0.4, -0.2) is 50.4 Å². The molecule has 2 rings (SSSR count). The fourth-order valence-electron chi connectivity index (χ4n) is 2.04. The van der Waals surface area contributed by atoms with Crippen LogP contribution in [0.4, 0.5) is 0 Å². The van der Waals surface area contributed by atoms with Crippen molar-refractivity contribution in [3.8, 4) is 11.4 Å². The quantitative estimate of drug-likeness (QED) is 0.815. The molecule has 0 radical (unpaired) electrons. The Balaban J connectivity index is 2.26. The van der Waals surface area contributed by atoms with E-state index in [1.807, 2.05) is 0 Å². The molecule has 120 valence electrons. The lowest BCUT2D eigenvalue weighted by molar-refractivity contribution is -0.143. The van der Waals surface area contributed by atoms with Crippen molar-refractivity contribution in [1.82, 2.24) is 19.9 Å². The minimum absolute atomic E-state index is 0.203. The first-order chi connectivity index (χ1) is 10.9. The Bertz CT molecular complexity index is 786. The molecule has 0 aliphatic carbocycles. The van der Waals surface area contributed by atoms with Gasteiger partial charge in [-0.15, -0.1) is 0 Å². The number of aromatic nitrogens is 3. The number of hydrogen-bond donors (Lipinski definition) is 2. The average molecular weight is 316 g/mol. The summed E-state index contributed by atoms with van der Waals surface area (Å²) in [7, 11) is 1.37. The van der Waals surface area contributed by atoms with E-state index in [1.165, 1.54) is 7.05 Å². The summed E-state index contributed by atoms with van der Waals surface area (Å²) >= 11 is 0. The van der Waals surface area contributed by atoms with Crippen LogP contribution in [0.25, 0.3) is 11.4 Å². The number of pyridine rings is 1. The van der Waals surface area contributed by atoms with Gasteiger partial charge in [0.15, 0.2) is 0 Å². The number of aliphatic carboxylic acids is 1. The van der Waals surface area contributed by atoms with Crippen molar-refractivity contribution in [2.24, 2.45) is 0 Å². The average Bonchev–Trinajstić information content (AvgIpc) is 2.50. The van der Waals surface area contributed by atoms with Crippen molar-refractivity contribution >= 4 is 11.9 Å². The highest BCUT2D eigenvalue weighted by atomic mass is 16.4. The van der Waals surface area contributed by atoms with Crippen LogP contribution in [0.5, 0.6) is 0 Å². The molecule has 2 N–H and O–H groups in total. The molecule has 1 amide bonds. The summed E-state index contributed by atoms with van der Waals surface area (Å²) in [6.07, 6.45) is 2.98. The molecule has 8 heteroatoms. The van der Waals surface area contributed by atoms with E-state index in [1.54, 1.807) is 31.5 Å². The molecule has 8 nitrogen and oxygen atoms in total. The number of carbonyl (C=O) groups is 2. The Morgan fingerprint density at radius 1 is 1.39 bits per heavy atom. The monoisotopic (exact) mass is 316 g/mol. The van der Waals surface area contributed by atoms with E-state index in [0.29, 0.717) is 17.1 Å². The summed E-state index contributed by atoms with van der Waals surface area (Å²) < 4.78 is 0. The fraction of sp³-hybridized carbons (Fsp3) is 0.267. The highest BCUT2D eigenvalue weighted by Gasteiger charge is 2.17. The van der Waals surface area contributed by atoms with E-state index in [9.17, 15) is 14.4 Å². The van der Waals surface area contributed by atoms with Gasteiger partial charge in [0.25, 0.3) is 5.56 Å². The van der Waals surface area contributed by atoms with Crippen LogP contribution in [-0.2, 0) is 16.0 Å². The molecule has 0 unspecified atom stereocenters. The first kappa shape index (κ1) is 16.3. The maximum Gasteiger partial charge on any atom is 0.323 e. The minimum atomic E-state index is -1.11. The topological polar surface area (TPSA) is 116 Å². The van der Waals surface area contributed by atoms with Gasteiger partial charge >= 0.3 is 5.97 Å². The van der Waals surface area contributed by atoms with Crippen molar-refractivity contribution in [1.29, 1.82) is 0 Å². The number of rotatable bonds is 5. The predicted molar refractivity (Wildman–Crippen MR) is 81.8 cm³/mol. The molecular formula is C15H16N4O4. The van der Waals surface area contributed by atoms with E-state index in [-0.39, 0.29) is 12.0 Å². The number of aryl methyl sites for hydroxylation is 1. The largest absolute Gasteiger partial charge is 0.480 e. The Hall–Kier alpha value is -3.03. The van der Waals surface area contributed by atoms with E-state index in [0.717, 1.165) is 4.90 Å². The Labute approximate surface area is 131 Å². The highest BCUT2D eigenvalue weighted by Crippen LogP contribution is 2.13. The van der Waals surface area contributed by atoms with Gasteiger partial charge in [-0.3, -0.25) is 19.4 Å². The summed E-state index contributed by atoms with van der Waals surface area (Å²) in [5, 5.41) is 8.69. The number of amides is 1. The molecule has 0 aliphatic heterocycles. The zero-order valence-corrected chi connectivity index (χ0v) is 12.7. The van der Waals surface area contributed by atoms with Gasteiger partial charge in [-0.2, -0.15) is 0 Å². The molecular weight excluding hydrogens is 300 g/mol. The number of carboxylic acids is 1. The summed E-state index contributed by atoms with van der Waals surface area (Å²) in [6.45, 7) is 1.21. The van der Waals surface area contributed by atoms with Gasteiger partial charge in [0.1, 0.15) is 12.4 Å². The molecule has 0 atom stereocenters. The molecule has 0 spiro atoms. The summed E-state index contributed by atoms with van der Waals surface area (Å²) in [5.74, 6) is -1.20. The van der Waals surface area contributed by atoms with Crippen LogP contribution in [0.2, 0.25) is 0 Å². The van der Waals surface area contributed by atoms with Crippen molar-refractivity contribution < 1.29 is 14.7 Å². The van der Waals surface area contributed by atoms with Crippen LogP contribution < -0.4 is 5.56 Å². The van der Waals surface area contributed by atoms with Crippen LogP contribution in [0.15, 0.2) is 29.3 Å². The van der Waals surface area contributed by atoms with Crippen molar-refractivity contribution in [2.75, 3.05) is 13.6 Å². The number of carbonyl (C=O) groups excluding carboxylic acids is 1. The number of nitrogens with one attached hydrogen (secondary N) is 1. The molecule has 23 heavy (non-hydrogen) atoms. The standard InChI is InChI=1S/C15H16N4O4/c1-9-11(6-12(20)19(2)8-13(21)22)15(23)18-14(17-9)10-4-3-5-16-7-10/h3-5,7H,6,8H2,1-2H3,(H,21,22)(H,17,18,23). The number of likely N-dealkylation sites (N-methyl/N-ethyl adjacent to an activating group) is 1. The number of carboxylic acid groups (broad SMARTS) is 1. The lowest BCUT2D eigenvalue weighted by Crippen LogP contribution is -2.34. The van der Waals surface area contributed by atoms with Gasteiger partial charge < -0.3 is 15.0 Å². The molecule has 0 bridgehead atoms. The second-order valence-electron chi connectivity index (χ2n) is 5.04. The Morgan fingerprint density at radius 3 is 2.70 bits per heavy atom. The van der Waals surface area contributed by atoms with E-state index in [2.05, 4.69) is 15.0 Å². The third-order valence-electron chi connectivity index (χ3n) is 3.28. The number of nitrogens with zero attached hydrogens (tertiary/aromatic N) is 3. The van der Waals surface area contributed by atoms with Crippen molar-refractivity contribution in [3.63, 3.8) is 0 Å². The number of hydrogen-bond acceptors (Lipinski definition) is 5. The Morgan fingerprint density at radius 2 is 2.13 bits per heavy atom. The maximum absolute atomic E-state index is 12.2. The fourth-order valence-corrected chi connectivity index (χ4v) is 2.04. The summed E-state index contributed by atoms with van der Waals surface area (Å²) in [6, 6.07) is 3.49. The minimum Gasteiger partial charge on any atom is -0.480 e. The van der Waals surface area contributed by atoms with Gasteiger partial charge in [0.05, 0.1) is 6.42 Å². The smallest absolute Gasteiger partial charge is 0.323 e. The Kier molecular flexibility index (Phi) is 4.85. The van der Waals surface area contributed by atoms with Gasteiger partial charge in [0, 0.05) is 36.3 Å². The van der Waals surface area contributed by atoms with E-state index < -0.39 is 24.0 Å². The van der Waals surface area contributed by atoms with E-state index >= 15 is 0 Å². The molecule has 0 aromatic carbocycles. The third-order valence-corrected chi connectivity index (χ3v) is 3.28. The lowest BCUT2D eigenvalue weighted by atomic mass is 10.1. The number of aromatic amines is 1. The van der Waals surface area contributed by atoms with Gasteiger partial charge in [-0.1, -0.05) is 0 Å². The van der Waals surface area contributed by atoms with Crippen LogP contribution in [0, 0.1) is 6.92 Å². The summed E-state index contributed by atoms with van der Waals surface area (Å²) in [4.78, 5) is 46.7. The predicted octanol–water partition coefficient (Wildman–Crippen LogP) is 0.226. The normalized spacial score (nSPS) is 10.3. The third kappa shape index (κ3) is 4.00. The maximum atomic E-state index is 12.2. The molecule has 2 aromatic heterocycles. The number of H-pyrrole nitrogens is 1. The van der Waals surface area contributed by atoms with Gasteiger partial charge in [0.2, 0.25) is 5.91 Å². The van der Waals surface area contributed by atoms with Crippen LogP contribution in [0.3, 0.4) is 0 Å².